The molecule has 2 aliphatic rings. The first-order valence-electron chi connectivity index (χ1n) is 15.5. The van der Waals surface area contributed by atoms with Crippen LogP contribution in [0.5, 0.6) is 0 Å². The highest BCUT2D eigenvalue weighted by Gasteiger charge is 2.26. The summed E-state index contributed by atoms with van der Waals surface area (Å²) in [5.41, 5.74) is 0. The van der Waals surface area contributed by atoms with Crippen molar-refractivity contribution in [2.75, 3.05) is 52.4 Å². The minimum absolute atomic E-state index is 0.254. The zero-order valence-electron chi connectivity index (χ0n) is 29.1. The zero-order chi connectivity index (χ0) is 39.4. The van der Waals surface area contributed by atoms with E-state index in [1.165, 1.54) is 0 Å². The maximum atomic E-state index is 11.5. The molecule has 50 heavy (non-hydrogen) atoms. The summed E-state index contributed by atoms with van der Waals surface area (Å²) in [5, 5.41) is 53.6. The second kappa shape index (κ2) is 28.8. The van der Waals surface area contributed by atoms with Crippen LogP contribution < -0.4 is 30.6 Å². The Morgan fingerprint density at radius 3 is 0.940 bits per heavy atom. The summed E-state index contributed by atoms with van der Waals surface area (Å²) in [6, 6.07) is 0.741. The monoisotopic (exact) mass is 708 g/mol. The van der Waals surface area contributed by atoms with E-state index in [0.717, 1.165) is 52.1 Å². The summed E-state index contributed by atoms with van der Waals surface area (Å²) in [6.45, 7) is 19.7. The average Bonchev–Trinajstić information content (AvgIpc) is 3.56. The van der Waals surface area contributed by atoms with Gasteiger partial charge in [0.2, 0.25) is 11.8 Å². The van der Waals surface area contributed by atoms with E-state index in [1.54, 1.807) is 0 Å². The third kappa shape index (κ3) is 24.9. The molecule has 0 bridgehead atoms. The summed E-state index contributed by atoms with van der Waals surface area (Å²) in [4.78, 5) is 84.8. The van der Waals surface area contributed by atoms with Crippen molar-refractivity contribution in [3.8, 4) is 23.7 Å². The lowest BCUT2D eigenvalue weighted by Crippen LogP contribution is -2.42. The molecule has 18 heteroatoms. The van der Waals surface area contributed by atoms with Crippen LogP contribution in [-0.4, -0.2) is 132 Å². The van der Waals surface area contributed by atoms with Crippen LogP contribution in [-0.2, 0) is 38.4 Å². The number of rotatable bonds is 8. The summed E-state index contributed by atoms with van der Waals surface area (Å²) in [7, 11) is 0. The van der Waals surface area contributed by atoms with E-state index in [4.69, 9.17) is 59.4 Å². The molecule has 18 nitrogen and oxygen atoms in total. The number of hydrogen-bond donors (Lipinski definition) is 0. The van der Waals surface area contributed by atoms with Gasteiger partial charge in [0.05, 0.1) is 62.0 Å². The standard InChI is InChI=1S/2C13H22N2O.3C2H2O4/c2*1-4-14(5-2)10-6-7-11-15-12(3)8-9-13(15)16;3*3-1(4)2(5)6/h2*12H,4-5,8-11H2,1-3H3;3*(H,3,4)(H,5,6)/p-6. The normalized spacial score (nSPS) is 15.5. The zero-order valence-corrected chi connectivity index (χ0v) is 29.1. The van der Waals surface area contributed by atoms with Crippen molar-refractivity contribution in [1.29, 1.82) is 0 Å². The van der Waals surface area contributed by atoms with E-state index >= 15 is 0 Å². The van der Waals surface area contributed by atoms with Gasteiger partial charge in [-0.05, 0) is 52.9 Å². The highest BCUT2D eigenvalue weighted by Crippen LogP contribution is 2.17. The highest BCUT2D eigenvalue weighted by atomic mass is 16.5. The van der Waals surface area contributed by atoms with Gasteiger partial charge in [0.25, 0.3) is 0 Å². The van der Waals surface area contributed by atoms with Gasteiger partial charge in [-0.3, -0.25) is 19.4 Å². The van der Waals surface area contributed by atoms with Gasteiger partial charge in [-0.1, -0.05) is 51.4 Å². The van der Waals surface area contributed by atoms with E-state index in [1.807, 2.05) is 9.80 Å². The van der Waals surface area contributed by atoms with Crippen LogP contribution in [0.15, 0.2) is 0 Å². The smallest absolute Gasteiger partial charge is 0.223 e. The number of carbonyl (C=O) groups excluding carboxylic acids is 8. The Morgan fingerprint density at radius 1 is 0.540 bits per heavy atom. The molecule has 2 heterocycles. The fourth-order valence-corrected chi connectivity index (χ4v) is 3.76. The molecule has 2 rings (SSSR count). The van der Waals surface area contributed by atoms with Gasteiger partial charge >= 0.3 is 0 Å². The van der Waals surface area contributed by atoms with Gasteiger partial charge in [0.15, 0.2) is 0 Å². The van der Waals surface area contributed by atoms with Crippen molar-refractivity contribution >= 4 is 47.6 Å². The molecule has 2 unspecified atom stereocenters. The Labute approximate surface area is 291 Å². The van der Waals surface area contributed by atoms with Crippen molar-refractivity contribution in [3.63, 3.8) is 0 Å². The lowest BCUT2D eigenvalue weighted by Gasteiger charge is -2.18. The molecule has 0 spiro atoms. The van der Waals surface area contributed by atoms with Gasteiger partial charge in [-0.2, -0.15) is 0 Å². The summed E-state index contributed by atoms with van der Waals surface area (Å²) < 4.78 is 0. The second-order valence-electron chi connectivity index (χ2n) is 10.2. The maximum absolute atomic E-state index is 11.5. The number of likely N-dealkylation sites (tertiary alicyclic amines) is 2. The summed E-state index contributed by atoms with van der Waals surface area (Å²) >= 11 is 0. The van der Waals surface area contributed by atoms with Crippen LogP contribution >= 0.6 is 0 Å². The maximum Gasteiger partial charge on any atom is 0.223 e. The van der Waals surface area contributed by atoms with Crippen molar-refractivity contribution in [2.45, 2.75) is 79.3 Å². The van der Waals surface area contributed by atoms with E-state index in [-0.39, 0.29) is 11.8 Å². The Morgan fingerprint density at radius 2 is 0.780 bits per heavy atom. The van der Waals surface area contributed by atoms with Crippen molar-refractivity contribution in [1.82, 2.24) is 19.6 Å². The fourth-order valence-electron chi connectivity index (χ4n) is 3.76. The summed E-state index contributed by atoms with van der Waals surface area (Å²) in [6.07, 6.45) is 3.35. The Balaban J connectivity index is -0.000000603. The number of aliphatic carboxylic acids is 6. The third-order valence-corrected chi connectivity index (χ3v) is 6.90. The highest BCUT2D eigenvalue weighted by molar-refractivity contribution is 6.25. The molecule has 0 aromatic rings. The largest absolute Gasteiger partial charge is 0.543 e. The molecular formula is C32H44N4O14-6. The number of hydrogen-bond acceptors (Lipinski definition) is 16. The van der Waals surface area contributed by atoms with E-state index in [2.05, 4.69) is 75.0 Å². The van der Waals surface area contributed by atoms with Crippen LogP contribution in [0.4, 0.5) is 0 Å². The van der Waals surface area contributed by atoms with Crippen LogP contribution in [0.3, 0.4) is 0 Å². The third-order valence-electron chi connectivity index (χ3n) is 6.90. The summed E-state index contributed by atoms with van der Waals surface area (Å²) in [5.74, 6) is -0.126. The second-order valence-corrected chi connectivity index (χ2v) is 10.2. The quantitative estimate of drug-likeness (QED) is 0.167. The van der Waals surface area contributed by atoms with Gasteiger partial charge in [-0.15, -0.1) is 0 Å². The molecular weight excluding hydrogens is 664 g/mol. The van der Waals surface area contributed by atoms with Crippen molar-refractivity contribution in [2.24, 2.45) is 0 Å². The molecule has 0 radical (unpaired) electrons. The number of carboxylic acids is 6. The Bertz CT molecular complexity index is 1100. The average molecular weight is 709 g/mol. The first-order valence-corrected chi connectivity index (χ1v) is 15.5. The van der Waals surface area contributed by atoms with E-state index < -0.39 is 35.8 Å². The molecule has 0 N–H and O–H groups in total. The SMILES string of the molecule is CCN(CC)CC#CCN1C(=O)CCC1C.CCN(CC)CC#CCN1C(=O)CCC1C.O=C([O-])C(=O)[O-].O=C([O-])C(=O)[O-].O=C([O-])C(=O)[O-]. The molecule has 2 atom stereocenters. The molecule has 2 aliphatic heterocycles. The molecule has 0 aromatic carbocycles. The molecule has 2 saturated heterocycles. The van der Waals surface area contributed by atoms with Crippen LogP contribution in [0.1, 0.15) is 67.2 Å². The lowest BCUT2D eigenvalue weighted by molar-refractivity contribution is -0.345. The van der Waals surface area contributed by atoms with Gasteiger partial charge < -0.3 is 69.2 Å². The van der Waals surface area contributed by atoms with E-state index in [0.29, 0.717) is 38.0 Å². The number of nitrogens with zero attached hydrogens (tertiary/aromatic N) is 4. The van der Waals surface area contributed by atoms with Gasteiger partial charge in [0.1, 0.15) is 0 Å². The predicted molar refractivity (Wildman–Crippen MR) is 162 cm³/mol. The van der Waals surface area contributed by atoms with Crippen LogP contribution in [0, 0.1) is 23.7 Å². The molecule has 0 saturated carbocycles. The minimum Gasteiger partial charge on any atom is -0.543 e. The first kappa shape index (κ1) is 49.2. The van der Waals surface area contributed by atoms with Gasteiger partial charge in [0, 0.05) is 24.9 Å². The Hall–Kier alpha value is -5.20. The minimum atomic E-state index is -2.19. The predicted octanol–water partition coefficient (Wildman–Crippen LogP) is -7.86. The number of carboxylic acid groups (broad SMARTS) is 6. The van der Waals surface area contributed by atoms with Crippen LogP contribution in [0.2, 0.25) is 0 Å². The first-order chi connectivity index (χ1) is 23.3. The Kier molecular flexibility index (Phi) is 28.3. The lowest BCUT2D eigenvalue weighted by atomic mass is 10.2. The molecule has 0 aliphatic carbocycles. The topological polar surface area (TPSA) is 288 Å². The molecule has 2 fully saturated rings. The number of carbonyl (C=O) groups is 8. The fraction of sp³-hybridized carbons (Fsp3) is 0.625. The van der Waals surface area contributed by atoms with Crippen LogP contribution in [0.25, 0.3) is 0 Å². The van der Waals surface area contributed by atoms with Gasteiger partial charge in [-0.25, -0.2) is 0 Å². The molecule has 0 aromatic heterocycles. The van der Waals surface area contributed by atoms with Crippen molar-refractivity contribution in [3.05, 3.63) is 0 Å². The number of amides is 2. The van der Waals surface area contributed by atoms with Crippen molar-refractivity contribution < 1.29 is 69.0 Å². The molecule has 282 valence electrons. The molecule has 2 amide bonds. The van der Waals surface area contributed by atoms with E-state index in [9.17, 15) is 9.59 Å².